The average Bonchev–Trinajstić information content (AvgIpc) is 3.30. The smallest absolute Gasteiger partial charge is 0.230 e. The van der Waals surface area contributed by atoms with E-state index in [0.29, 0.717) is 11.7 Å². The minimum absolute atomic E-state index is 0.123. The van der Waals surface area contributed by atoms with E-state index in [1.165, 1.54) is 25.8 Å². The second-order valence-corrected chi connectivity index (χ2v) is 7.20. The van der Waals surface area contributed by atoms with Crippen LogP contribution in [0, 0.1) is 5.92 Å². The molecule has 0 spiro atoms. The fourth-order valence-electron chi connectivity index (χ4n) is 2.95. The number of benzene rings is 1. The van der Waals surface area contributed by atoms with Crippen molar-refractivity contribution in [1.82, 2.24) is 10.2 Å². The molecule has 1 N–H and O–H groups in total. The third-order valence-electron chi connectivity index (χ3n) is 4.38. The number of nitrogens with zero attached hydrogens (tertiary/aromatic N) is 1. The fourth-order valence-corrected chi connectivity index (χ4v) is 3.72. The number of likely N-dealkylation sites (tertiary alicyclic amines) is 1. The van der Waals surface area contributed by atoms with Gasteiger partial charge in [-0.25, -0.2) is 0 Å². The minimum atomic E-state index is 0.123. The van der Waals surface area contributed by atoms with E-state index in [0.717, 1.165) is 29.8 Å². The van der Waals surface area contributed by atoms with Gasteiger partial charge in [0.05, 0.1) is 12.9 Å². The Balaban J connectivity index is 1.35. The van der Waals surface area contributed by atoms with E-state index in [-0.39, 0.29) is 5.91 Å². The lowest BCUT2D eigenvalue weighted by molar-refractivity contribution is -0.118. The fraction of sp³-hybridized carbons (Fsp3) is 0.588. The predicted molar refractivity (Wildman–Crippen MR) is 89.4 cm³/mol. The number of amides is 1. The molecule has 1 aliphatic heterocycles. The van der Waals surface area contributed by atoms with E-state index >= 15 is 0 Å². The summed E-state index contributed by atoms with van der Waals surface area (Å²) in [6, 6.07) is 8.68. The van der Waals surface area contributed by atoms with Crippen molar-refractivity contribution in [3.63, 3.8) is 0 Å². The Hall–Kier alpha value is -1.20. The summed E-state index contributed by atoms with van der Waals surface area (Å²) in [5.74, 6) is 2.05. The van der Waals surface area contributed by atoms with E-state index in [9.17, 15) is 4.79 Å². The second-order valence-electron chi connectivity index (χ2n) is 6.15. The molecule has 4 nitrogen and oxygen atoms in total. The first kappa shape index (κ1) is 15.7. The number of thioether (sulfide) groups is 1. The molecule has 1 heterocycles. The SMILES string of the molecule is COc1cccc(SCC(=O)NCC2CCN(C3CC3)C2)c1. The van der Waals surface area contributed by atoms with Gasteiger partial charge in [-0.2, -0.15) is 0 Å². The molecule has 1 atom stereocenters. The van der Waals surface area contributed by atoms with Gasteiger partial charge in [-0.1, -0.05) is 6.07 Å². The molecule has 2 fully saturated rings. The molecular weight excluding hydrogens is 296 g/mol. The Labute approximate surface area is 136 Å². The molecule has 22 heavy (non-hydrogen) atoms. The van der Waals surface area contributed by atoms with Gasteiger partial charge < -0.3 is 15.0 Å². The number of carbonyl (C=O) groups excluding carboxylic acids is 1. The Morgan fingerprint density at radius 3 is 3.05 bits per heavy atom. The van der Waals surface area contributed by atoms with Crippen molar-refractivity contribution in [2.24, 2.45) is 5.92 Å². The van der Waals surface area contributed by atoms with Gasteiger partial charge >= 0.3 is 0 Å². The Morgan fingerprint density at radius 2 is 2.27 bits per heavy atom. The maximum absolute atomic E-state index is 12.0. The molecular formula is C17H24N2O2S. The standard InChI is InChI=1S/C17H24N2O2S/c1-21-15-3-2-4-16(9-15)22-12-17(20)18-10-13-7-8-19(11-13)14-5-6-14/h2-4,9,13-14H,5-8,10-12H2,1H3,(H,18,20). The second kappa shape index (κ2) is 7.38. The zero-order chi connectivity index (χ0) is 15.4. The van der Waals surface area contributed by atoms with Crippen LogP contribution in [0.4, 0.5) is 0 Å². The van der Waals surface area contributed by atoms with Crippen LogP contribution < -0.4 is 10.1 Å². The Morgan fingerprint density at radius 1 is 1.41 bits per heavy atom. The Bertz CT molecular complexity index is 519. The van der Waals surface area contributed by atoms with E-state index in [1.54, 1.807) is 18.9 Å². The highest BCUT2D eigenvalue weighted by Gasteiger charge is 2.34. The zero-order valence-corrected chi connectivity index (χ0v) is 13.9. The molecule has 1 aromatic carbocycles. The van der Waals surface area contributed by atoms with Crippen LogP contribution in [-0.4, -0.2) is 49.3 Å². The predicted octanol–water partition coefficient (Wildman–Crippen LogP) is 2.39. The quantitative estimate of drug-likeness (QED) is 0.783. The van der Waals surface area contributed by atoms with E-state index in [2.05, 4.69) is 10.2 Å². The van der Waals surface area contributed by atoms with Gasteiger partial charge in [0.2, 0.25) is 5.91 Å². The van der Waals surface area contributed by atoms with Crippen molar-refractivity contribution in [2.75, 3.05) is 32.5 Å². The molecule has 1 amide bonds. The molecule has 0 bridgehead atoms. The van der Waals surface area contributed by atoms with Crippen LogP contribution in [0.2, 0.25) is 0 Å². The third-order valence-corrected chi connectivity index (χ3v) is 5.37. The summed E-state index contributed by atoms with van der Waals surface area (Å²) in [6.45, 7) is 3.19. The van der Waals surface area contributed by atoms with Crippen LogP contribution in [0.25, 0.3) is 0 Å². The average molecular weight is 320 g/mol. The van der Waals surface area contributed by atoms with Crippen molar-refractivity contribution in [2.45, 2.75) is 30.2 Å². The van der Waals surface area contributed by atoms with Gasteiger partial charge in [0, 0.05) is 24.0 Å². The highest BCUT2D eigenvalue weighted by Crippen LogP contribution is 2.31. The van der Waals surface area contributed by atoms with Crippen LogP contribution >= 0.6 is 11.8 Å². The molecule has 1 saturated heterocycles. The lowest BCUT2D eigenvalue weighted by atomic mass is 10.1. The summed E-state index contributed by atoms with van der Waals surface area (Å²) < 4.78 is 5.19. The van der Waals surface area contributed by atoms with E-state index in [1.807, 2.05) is 24.3 Å². The first-order valence-corrected chi connectivity index (χ1v) is 9.01. The minimum Gasteiger partial charge on any atom is -0.497 e. The summed E-state index contributed by atoms with van der Waals surface area (Å²) >= 11 is 1.55. The van der Waals surface area contributed by atoms with Gasteiger partial charge in [-0.15, -0.1) is 11.8 Å². The van der Waals surface area contributed by atoms with Gasteiger partial charge in [0.25, 0.3) is 0 Å². The first-order chi connectivity index (χ1) is 10.7. The highest BCUT2D eigenvalue weighted by molar-refractivity contribution is 8.00. The van der Waals surface area contributed by atoms with Crippen LogP contribution in [-0.2, 0) is 4.79 Å². The van der Waals surface area contributed by atoms with Crippen molar-refractivity contribution in [1.29, 1.82) is 0 Å². The normalized spacial score (nSPS) is 21.8. The Kier molecular flexibility index (Phi) is 5.26. The number of nitrogens with one attached hydrogen (secondary N) is 1. The summed E-state index contributed by atoms with van der Waals surface area (Å²) in [6.07, 6.45) is 3.96. The number of hydrogen-bond acceptors (Lipinski definition) is 4. The molecule has 1 unspecified atom stereocenters. The highest BCUT2D eigenvalue weighted by atomic mass is 32.2. The lowest BCUT2D eigenvalue weighted by Gasteiger charge is -2.15. The van der Waals surface area contributed by atoms with Crippen molar-refractivity contribution in [3.05, 3.63) is 24.3 Å². The summed E-state index contributed by atoms with van der Waals surface area (Å²) in [4.78, 5) is 15.6. The molecule has 0 aromatic heterocycles. The first-order valence-electron chi connectivity index (χ1n) is 8.02. The van der Waals surface area contributed by atoms with Crippen LogP contribution in [0.1, 0.15) is 19.3 Å². The van der Waals surface area contributed by atoms with Gasteiger partial charge in [-0.05, 0) is 49.9 Å². The van der Waals surface area contributed by atoms with E-state index in [4.69, 9.17) is 4.74 Å². The summed E-state index contributed by atoms with van der Waals surface area (Å²) in [7, 11) is 1.66. The largest absolute Gasteiger partial charge is 0.497 e. The lowest BCUT2D eigenvalue weighted by Crippen LogP contribution is -2.32. The number of methoxy groups -OCH3 is 1. The van der Waals surface area contributed by atoms with Crippen LogP contribution in [0.3, 0.4) is 0 Å². The van der Waals surface area contributed by atoms with Gasteiger partial charge in [-0.3, -0.25) is 4.79 Å². The summed E-state index contributed by atoms with van der Waals surface area (Å²) in [5, 5.41) is 3.09. The number of rotatable bonds is 7. The van der Waals surface area contributed by atoms with Crippen LogP contribution in [0.5, 0.6) is 5.75 Å². The molecule has 2 aliphatic rings. The number of hydrogen-bond donors (Lipinski definition) is 1. The maximum atomic E-state index is 12.0. The molecule has 1 aliphatic carbocycles. The molecule has 1 aromatic rings. The molecule has 120 valence electrons. The molecule has 3 rings (SSSR count). The zero-order valence-electron chi connectivity index (χ0n) is 13.1. The van der Waals surface area contributed by atoms with E-state index < -0.39 is 0 Å². The van der Waals surface area contributed by atoms with Crippen molar-refractivity contribution >= 4 is 17.7 Å². The van der Waals surface area contributed by atoms with Gasteiger partial charge in [0.15, 0.2) is 0 Å². The van der Waals surface area contributed by atoms with Crippen LogP contribution in [0.15, 0.2) is 29.2 Å². The van der Waals surface area contributed by atoms with Gasteiger partial charge in [0.1, 0.15) is 5.75 Å². The number of carbonyl (C=O) groups is 1. The number of ether oxygens (including phenoxy) is 1. The molecule has 5 heteroatoms. The topological polar surface area (TPSA) is 41.6 Å². The van der Waals surface area contributed by atoms with Crippen molar-refractivity contribution < 1.29 is 9.53 Å². The molecule has 0 radical (unpaired) electrons. The monoisotopic (exact) mass is 320 g/mol. The maximum Gasteiger partial charge on any atom is 0.230 e. The van der Waals surface area contributed by atoms with Crippen molar-refractivity contribution in [3.8, 4) is 5.75 Å². The summed E-state index contributed by atoms with van der Waals surface area (Å²) in [5.41, 5.74) is 0. The molecule has 1 saturated carbocycles. The third kappa shape index (κ3) is 4.40.